The zero-order chi connectivity index (χ0) is 10.5. The third-order valence-corrected chi connectivity index (χ3v) is 3.00. The second-order valence-electron chi connectivity index (χ2n) is 4.35. The van der Waals surface area contributed by atoms with Crippen LogP contribution < -0.4 is 5.73 Å². The summed E-state index contributed by atoms with van der Waals surface area (Å²) in [6, 6.07) is 10.7. The lowest BCUT2D eigenvalue weighted by Crippen LogP contribution is -2.32. The van der Waals surface area contributed by atoms with E-state index in [1.807, 2.05) is 18.2 Å². The Kier molecular flexibility index (Phi) is 3.75. The molecule has 82 valence electrons. The van der Waals surface area contributed by atoms with E-state index in [1.165, 1.54) is 18.4 Å². The molecule has 1 saturated carbocycles. The maximum atomic E-state index is 5.91. The lowest BCUT2D eigenvalue weighted by atomic mass is 9.93. The molecule has 1 fully saturated rings. The Morgan fingerprint density at radius 1 is 1.20 bits per heavy atom. The normalized spacial score (nSPS) is 26.5. The molecular weight excluding hydrogens is 186 g/mol. The van der Waals surface area contributed by atoms with Gasteiger partial charge in [-0.1, -0.05) is 30.3 Å². The van der Waals surface area contributed by atoms with Gasteiger partial charge in [-0.25, -0.2) is 0 Å². The van der Waals surface area contributed by atoms with Gasteiger partial charge in [-0.15, -0.1) is 0 Å². The van der Waals surface area contributed by atoms with Crippen molar-refractivity contribution >= 4 is 0 Å². The summed E-state index contributed by atoms with van der Waals surface area (Å²) in [5, 5.41) is 0. The van der Waals surface area contributed by atoms with Crippen LogP contribution in [0.3, 0.4) is 0 Å². The van der Waals surface area contributed by atoms with Crippen molar-refractivity contribution in [2.24, 2.45) is 5.73 Å². The molecule has 0 bridgehead atoms. The Hall–Kier alpha value is -0.860. The highest BCUT2D eigenvalue weighted by Crippen LogP contribution is 2.20. The molecular formula is C13H19NO. The van der Waals surface area contributed by atoms with Gasteiger partial charge < -0.3 is 10.5 Å². The summed E-state index contributed by atoms with van der Waals surface area (Å²) in [4.78, 5) is 0. The van der Waals surface area contributed by atoms with Gasteiger partial charge in [-0.3, -0.25) is 0 Å². The van der Waals surface area contributed by atoms with E-state index in [4.69, 9.17) is 10.5 Å². The molecule has 0 radical (unpaired) electrons. The molecule has 0 aliphatic heterocycles. The third-order valence-electron chi connectivity index (χ3n) is 3.00. The molecule has 1 aromatic carbocycles. The number of nitrogens with two attached hydrogens (primary N) is 1. The number of hydrogen-bond acceptors (Lipinski definition) is 2. The summed E-state index contributed by atoms with van der Waals surface area (Å²) < 4.78 is 5.86. The SMILES string of the molecule is N[C@H]1CCC[C@@H](OCc2ccccc2)C1. The fourth-order valence-corrected chi connectivity index (χ4v) is 2.12. The van der Waals surface area contributed by atoms with Crippen molar-refractivity contribution in [2.45, 2.75) is 44.4 Å². The molecule has 1 aromatic rings. The predicted molar refractivity (Wildman–Crippen MR) is 61.5 cm³/mol. The van der Waals surface area contributed by atoms with Gasteiger partial charge in [0.15, 0.2) is 0 Å². The van der Waals surface area contributed by atoms with Crippen LogP contribution >= 0.6 is 0 Å². The van der Waals surface area contributed by atoms with Crippen molar-refractivity contribution in [3.05, 3.63) is 35.9 Å². The van der Waals surface area contributed by atoms with Crippen LogP contribution in [0.15, 0.2) is 30.3 Å². The Labute approximate surface area is 91.4 Å². The topological polar surface area (TPSA) is 35.2 Å². The summed E-state index contributed by atoms with van der Waals surface area (Å²) >= 11 is 0. The minimum Gasteiger partial charge on any atom is -0.373 e. The van der Waals surface area contributed by atoms with Gasteiger partial charge in [0.25, 0.3) is 0 Å². The first-order valence-corrected chi connectivity index (χ1v) is 5.75. The van der Waals surface area contributed by atoms with E-state index < -0.39 is 0 Å². The number of rotatable bonds is 3. The Morgan fingerprint density at radius 3 is 2.73 bits per heavy atom. The minimum absolute atomic E-state index is 0.347. The summed E-state index contributed by atoms with van der Waals surface area (Å²) in [6.45, 7) is 0.720. The van der Waals surface area contributed by atoms with Crippen LogP contribution in [0, 0.1) is 0 Å². The molecule has 0 saturated heterocycles. The Bertz CT molecular complexity index is 286. The van der Waals surface area contributed by atoms with E-state index in [1.54, 1.807) is 0 Å². The molecule has 0 amide bonds. The predicted octanol–water partition coefficient (Wildman–Crippen LogP) is 2.47. The van der Waals surface area contributed by atoms with E-state index in [2.05, 4.69) is 12.1 Å². The zero-order valence-corrected chi connectivity index (χ0v) is 9.06. The highest BCUT2D eigenvalue weighted by Gasteiger charge is 2.19. The molecule has 2 atom stereocenters. The summed E-state index contributed by atoms with van der Waals surface area (Å²) in [5.74, 6) is 0. The van der Waals surface area contributed by atoms with E-state index in [0.717, 1.165) is 19.4 Å². The molecule has 1 aliphatic rings. The number of hydrogen-bond donors (Lipinski definition) is 1. The first-order chi connectivity index (χ1) is 7.34. The average molecular weight is 205 g/mol. The smallest absolute Gasteiger partial charge is 0.0720 e. The van der Waals surface area contributed by atoms with Crippen LogP contribution in [0.4, 0.5) is 0 Å². The van der Waals surface area contributed by atoms with Gasteiger partial charge in [0, 0.05) is 6.04 Å². The van der Waals surface area contributed by atoms with Crippen molar-refractivity contribution in [3.63, 3.8) is 0 Å². The van der Waals surface area contributed by atoms with Gasteiger partial charge >= 0.3 is 0 Å². The van der Waals surface area contributed by atoms with Crippen LogP contribution in [-0.2, 0) is 11.3 Å². The summed E-state index contributed by atoms with van der Waals surface area (Å²) in [5.41, 5.74) is 7.16. The van der Waals surface area contributed by atoms with Crippen LogP contribution in [0.25, 0.3) is 0 Å². The highest BCUT2D eigenvalue weighted by atomic mass is 16.5. The fourth-order valence-electron chi connectivity index (χ4n) is 2.12. The van der Waals surface area contributed by atoms with E-state index in [0.29, 0.717) is 12.1 Å². The molecule has 2 nitrogen and oxygen atoms in total. The summed E-state index contributed by atoms with van der Waals surface area (Å²) in [6.07, 6.45) is 4.92. The molecule has 0 aromatic heterocycles. The molecule has 15 heavy (non-hydrogen) atoms. The monoisotopic (exact) mass is 205 g/mol. The fraction of sp³-hybridized carbons (Fsp3) is 0.538. The molecule has 0 spiro atoms. The molecule has 2 rings (SSSR count). The van der Waals surface area contributed by atoms with Crippen molar-refractivity contribution in [3.8, 4) is 0 Å². The van der Waals surface area contributed by atoms with Gasteiger partial charge in [0.1, 0.15) is 0 Å². The van der Waals surface area contributed by atoms with Crippen LogP contribution in [0.2, 0.25) is 0 Å². The van der Waals surface area contributed by atoms with Crippen LogP contribution in [0.5, 0.6) is 0 Å². The average Bonchev–Trinajstić information content (AvgIpc) is 2.28. The van der Waals surface area contributed by atoms with Crippen molar-refractivity contribution < 1.29 is 4.74 Å². The number of ether oxygens (including phenoxy) is 1. The number of benzene rings is 1. The third kappa shape index (κ3) is 3.33. The molecule has 0 heterocycles. The van der Waals surface area contributed by atoms with Gasteiger partial charge in [0.05, 0.1) is 12.7 Å². The van der Waals surface area contributed by atoms with Gasteiger partial charge in [0.2, 0.25) is 0 Å². The quantitative estimate of drug-likeness (QED) is 0.822. The maximum Gasteiger partial charge on any atom is 0.0720 e. The maximum absolute atomic E-state index is 5.91. The summed E-state index contributed by atoms with van der Waals surface area (Å²) in [7, 11) is 0. The van der Waals surface area contributed by atoms with Crippen molar-refractivity contribution in [1.29, 1.82) is 0 Å². The second-order valence-corrected chi connectivity index (χ2v) is 4.35. The van der Waals surface area contributed by atoms with Gasteiger partial charge in [-0.05, 0) is 31.2 Å². The largest absolute Gasteiger partial charge is 0.373 e. The van der Waals surface area contributed by atoms with Crippen LogP contribution in [-0.4, -0.2) is 12.1 Å². The minimum atomic E-state index is 0.347. The standard InChI is InChI=1S/C13H19NO/c14-12-7-4-8-13(9-12)15-10-11-5-2-1-3-6-11/h1-3,5-6,12-13H,4,7-10,14H2/t12-,13+/m0/s1. The van der Waals surface area contributed by atoms with Crippen molar-refractivity contribution in [1.82, 2.24) is 0 Å². The van der Waals surface area contributed by atoms with E-state index >= 15 is 0 Å². The zero-order valence-electron chi connectivity index (χ0n) is 9.06. The molecule has 0 unspecified atom stereocenters. The first kappa shape index (κ1) is 10.7. The van der Waals surface area contributed by atoms with Crippen LogP contribution in [0.1, 0.15) is 31.2 Å². The lowest BCUT2D eigenvalue weighted by molar-refractivity contribution is 0.0122. The van der Waals surface area contributed by atoms with Gasteiger partial charge in [-0.2, -0.15) is 0 Å². The molecule has 2 N–H and O–H groups in total. The molecule has 1 aliphatic carbocycles. The highest BCUT2D eigenvalue weighted by molar-refractivity contribution is 5.13. The van der Waals surface area contributed by atoms with Crippen molar-refractivity contribution in [2.75, 3.05) is 0 Å². The van der Waals surface area contributed by atoms with E-state index in [9.17, 15) is 0 Å². The lowest BCUT2D eigenvalue weighted by Gasteiger charge is -2.26. The second kappa shape index (κ2) is 5.29. The van der Waals surface area contributed by atoms with E-state index in [-0.39, 0.29) is 0 Å². The molecule has 2 heteroatoms. The Balaban J connectivity index is 1.78. The first-order valence-electron chi connectivity index (χ1n) is 5.75. The Morgan fingerprint density at radius 2 is 2.00 bits per heavy atom.